The molecular formula is C38H50Cl3N5O10. The van der Waals surface area contributed by atoms with Crippen molar-refractivity contribution in [3.63, 3.8) is 0 Å². The molecular weight excluding hydrogens is 793 g/mol. The molecule has 56 heavy (non-hydrogen) atoms. The van der Waals surface area contributed by atoms with Gasteiger partial charge in [0.2, 0.25) is 9.39 Å². The molecule has 1 aromatic carbocycles. The van der Waals surface area contributed by atoms with E-state index in [1.54, 1.807) is 47.6 Å². The lowest BCUT2D eigenvalue weighted by Crippen LogP contribution is -2.60. The SMILES string of the molecule is CC(C)[C@H](OC(=O)C1(C=Cc2ccc3ccc([C@@H](C)NC(=O)OC(C)(C)C)nc3c2)COCCO1)C(=O)N[C@@H](C)C(=O)N1CCC[C@@H](C(=O)OCC(Cl)(Cl)Cl)N1. The topological polar surface area (TPSA) is 184 Å². The van der Waals surface area contributed by atoms with Crippen LogP contribution in [0, 0.1) is 5.92 Å². The van der Waals surface area contributed by atoms with Crippen molar-refractivity contribution in [3.8, 4) is 0 Å². The normalized spacial score (nSPS) is 20.9. The Balaban J connectivity index is 1.44. The number of benzene rings is 1. The fourth-order valence-electron chi connectivity index (χ4n) is 5.78. The van der Waals surface area contributed by atoms with E-state index < -0.39 is 81.6 Å². The van der Waals surface area contributed by atoms with Gasteiger partial charge in [0.15, 0.2) is 6.10 Å². The number of carbonyl (C=O) groups excluding carboxylic acids is 5. The van der Waals surface area contributed by atoms with Gasteiger partial charge in [-0.1, -0.05) is 72.9 Å². The Morgan fingerprint density at radius 2 is 1.77 bits per heavy atom. The first-order valence-corrected chi connectivity index (χ1v) is 19.4. The minimum absolute atomic E-state index is 0.0938. The van der Waals surface area contributed by atoms with Crippen molar-refractivity contribution >= 4 is 81.6 Å². The molecule has 3 N–H and O–H groups in total. The summed E-state index contributed by atoms with van der Waals surface area (Å²) in [7, 11) is 0. The van der Waals surface area contributed by atoms with E-state index in [1.165, 1.54) is 18.0 Å². The molecule has 18 heteroatoms. The number of ether oxygens (including phenoxy) is 5. The smallest absolute Gasteiger partial charge is 0.408 e. The molecule has 0 aliphatic carbocycles. The first-order chi connectivity index (χ1) is 26.2. The molecule has 5 atom stereocenters. The zero-order valence-corrected chi connectivity index (χ0v) is 34.8. The molecule has 4 rings (SSSR count). The van der Waals surface area contributed by atoms with Gasteiger partial charge in [-0.15, -0.1) is 0 Å². The zero-order valence-electron chi connectivity index (χ0n) is 32.5. The van der Waals surface area contributed by atoms with Crippen LogP contribution in [0.25, 0.3) is 17.0 Å². The number of aromatic nitrogens is 1. The van der Waals surface area contributed by atoms with E-state index >= 15 is 0 Å². The fourth-order valence-corrected chi connectivity index (χ4v) is 5.94. The molecule has 0 saturated carbocycles. The molecule has 0 spiro atoms. The highest BCUT2D eigenvalue weighted by atomic mass is 35.6. The molecule has 2 aliphatic heterocycles. The first kappa shape index (κ1) is 45.0. The lowest BCUT2D eigenvalue weighted by atomic mass is 10.0. The Labute approximate surface area is 341 Å². The Hall–Kier alpha value is -3.73. The number of pyridine rings is 1. The number of rotatable bonds is 12. The number of esters is 2. The number of nitrogens with zero attached hydrogens (tertiary/aromatic N) is 2. The maximum Gasteiger partial charge on any atom is 0.408 e. The molecule has 2 aliphatic rings. The molecule has 0 radical (unpaired) electrons. The molecule has 3 amide bonds. The molecule has 2 aromatic rings. The van der Waals surface area contributed by atoms with E-state index in [9.17, 15) is 24.0 Å². The van der Waals surface area contributed by atoms with Crippen LogP contribution in [0.15, 0.2) is 36.4 Å². The van der Waals surface area contributed by atoms with Gasteiger partial charge in [0.05, 0.1) is 37.1 Å². The van der Waals surface area contributed by atoms with E-state index in [0.717, 1.165) is 5.39 Å². The van der Waals surface area contributed by atoms with Gasteiger partial charge in [-0.2, -0.15) is 0 Å². The quantitative estimate of drug-likeness (QED) is 0.146. The van der Waals surface area contributed by atoms with Crippen LogP contribution in [0.4, 0.5) is 4.79 Å². The summed E-state index contributed by atoms with van der Waals surface area (Å²) in [6.45, 7) is 12.0. The molecule has 1 aromatic heterocycles. The van der Waals surface area contributed by atoms with Gasteiger partial charge in [0.1, 0.15) is 24.3 Å². The van der Waals surface area contributed by atoms with Gasteiger partial charge in [-0.25, -0.2) is 15.0 Å². The number of carbonyl (C=O) groups is 5. The van der Waals surface area contributed by atoms with Crippen molar-refractivity contribution in [1.82, 2.24) is 26.1 Å². The molecule has 2 saturated heterocycles. The Kier molecular flexibility index (Phi) is 15.4. The van der Waals surface area contributed by atoms with Crippen LogP contribution in [0.1, 0.15) is 78.6 Å². The van der Waals surface area contributed by atoms with Crippen molar-refractivity contribution < 1.29 is 47.7 Å². The summed E-state index contributed by atoms with van der Waals surface area (Å²) in [6, 6.07) is 6.91. The van der Waals surface area contributed by atoms with Gasteiger partial charge in [-0.3, -0.25) is 24.4 Å². The van der Waals surface area contributed by atoms with Crippen molar-refractivity contribution in [1.29, 1.82) is 0 Å². The molecule has 308 valence electrons. The number of amides is 3. The van der Waals surface area contributed by atoms with Gasteiger partial charge in [0, 0.05) is 11.9 Å². The summed E-state index contributed by atoms with van der Waals surface area (Å²) in [4.78, 5) is 70.3. The minimum atomic E-state index is -1.79. The largest absolute Gasteiger partial charge is 0.460 e. The van der Waals surface area contributed by atoms with Crippen LogP contribution < -0.4 is 16.1 Å². The van der Waals surface area contributed by atoms with Gasteiger partial charge >= 0.3 is 18.0 Å². The standard InChI is InChI=1S/C38H50Cl3N5O10/c1-22(2)30(31(47)42-24(4)32(48)46-16-8-9-28(45-46)33(49)53-21-38(39,40)41)55-34(50)37(20-52-17-18-54-37)15-14-25-10-11-26-12-13-27(44-29(26)19-25)23(3)43-35(51)56-36(5,6)7/h10-15,19,22-24,28,30,45H,8-9,16-18,20-21H2,1-7H3,(H,42,47)(H,43,51)/t23-,24+,28+,30+,37?/m1/s1. The Bertz CT molecular complexity index is 1770. The van der Waals surface area contributed by atoms with Gasteiger partial charge in [-0.05, 0) is 77.2 Å². The predicted molar refractivity (Wildman–Crippen MR) is 210 cm³/mol. The number of hydrazine groups is 1. The third-order valence-corrected chi connectivity index (χ3v) is 8.98. The van der Waals surface area contributed by atoms with Crippen molar-refractivity contribution in [2.45, 2.75) is 101 Å². The Morgan fingerprint density at radius 1 is 1.05 bits per heavy atom. The van der Waals surface area contributed by atoms with Crippen LogP contribution in [-0.2, 0) is 42.9 Å². The number of alkyl halides is 3. The van der Waals surface area contributed by atoms with E-state index in [-0.39, 0.29) is 26.4 Å². The lowest BCUT2D eigenvalue weighted by molar-refractivity contribution is -0.195. The van der Waals surface area contributed by atoms with E-state index in [1.807, 2.05) is 30.3 Å². The highest BCUT2D eigenvalue weighted by Crippen LogP contribution is 2.27. The second-order valence-electron chi connectivity index (χ2n) is 15.0. The number of alkyl carbamates (subject to hydrolysis) is 1. The van der Waals surface area contributed by atoms with Crippen molar-refractivity contribution in [2.24, 2.45) is 5.92 Å². The number of hydrogen-bond donors (Lipinski definition) is 3. The molecule has 3 heterocycles. The minimum Gasteiger partial charge on any atom is -0.460 e. The lowest BCUT2D eigenvalue weighted by Gasteiger charge is -2.35. The summed E-state index contributed by atoms with van der Waals surface area (Å²) < 4.78 is 26.1. The van der Waals surface area contributed by atoms with Gasteiger partial charge < -0.3 is 34.3 Å². The maximum atomic E-state index is 13.9. The van der Waals surface area contributed by atoms with Crippen LogP contribution in [0.2, 0.25) is 0 Å². The zero-order chi connectivity index (χ0) is 41.4. The fraction of sp³-hybridized carbons (Fsp3) is 0.579. The number of nitrogens with one attached hydrogen (secondary N) is 3. The van der Waals surface area contributed by atoms with E-state index in [2.05, 4.69) is 16.1 Å². The molecule has 0 bridgehead atoms. The predicted octanol–water partition coefficient (Wildman–Crippen LogP) is 5.10. The maximum absolute atomic E-state index is 13.9. The number of halogens is 3. The van der Waals surface area contributed by atoms with Crippen molar-refractivity contribution in [3.05, 3.63) is 47.7 Å². The van der Waals surface area contributed by atoms with E-state index in [4.69, 9.17) is 63.5 Å². The first-order valence-electron chi connectivity index (χ1n) is 18.3. The van der Waals surface area contributed by atoms with Crippen LogP contribution in [0.3, 0.4) is 0 Å². The summed E-state index contributed by atoms with van der Waals surface area (Å²) in [5, 5.41) is 7.51. The third kappa shape index (κ3) is 12.9. The summed E-state index contributed by atoms with van der Waals surface area (Å²) in [6.07, 6.45) is 2.21. The summed E-state index contributed by atoms with van der Waals surface area (Å²) in [5.74, 6) is -3.27. The summed E-state index contributed by atoms with van der Waals surface area (Å²) in [5.41, 5.74) is 2.45. The molecule has 15 nitrogen and oxygen atoms in total. The van der Waals surface area contributed by atoms with Crippen molar-refractivity contribution in [2.75, 3.05) is 33.0 Å². The number of fused-ring (bicyclic) bond motifs is 1. The van der Waals surface area contributed by atoms with Crippen LogP contribution in [0.5, 0.6) is 0 Å². The monoisotopic (exact) mass is 841 g/mol. The second kappa shape index (κ2) is 19.1. The highest BCUT2D eigenvalue weighted by molar-refractivity contribution is 6.67. The average molecular weight is 843 g/mol. The molecule has 1 unspecified atom stereocenters. The average Bonchev–Trinajstić information content (AvgIpc) is 3.13. The molecule has 2 fully saturated rings. The van der Waals surface area contributed by atoms with Crippen LogP contribution in [-0.4, -0.2) is 106 Å². The second-order valence-corrected chi connectivity index (χ2v) is 17.5. The third-order valence-electron chi connectivity index (χ3n) is 8.65. The number of hydrogen-bond acceptors (Lipinski definition) is 12. The van der Waals surface area contributed by atoms with Crippen LogP contribution >= 0.6 is 34.8 Å². The van der Waals surface area contributed by atoms with Gasteiger partial charge in [0.25, 0.3) is 11.8 Å². The summed E-state index contributed by atoms with van der Waals surface area (Å²) >= 11 is 17.0. The Morgan fingerprint density at radius 3 is 2.41 bits per heavy atom. The highest BCUT2D eigenvalue weighted by Gasteiger charge is 2.44. The van der Waals surface area contributed by atoms with E-state index in [0.29, 0.717) is 29.6 Å².